The molecule has 21 heavy (non-hydrogen) atoms. The summed E-state index contributed by atoms with van der Waals surface area (Å²) in [4.78, 5) is 0.0545. The van der Waals surface area contributed by atoms with Crippen molar-refractivity contribution in [1.29, 1.82) is 0 Å². The maximum atomic E-state index is 12.6. The largest absolute Gasteiger partial charge is 0.508 e. The lowest BCUT2D eigenvalue weighted by Crippen LogP contribution is -2.29. The number of phenols is 1. The topological polar surface area (TPSA) is 57.6 Å². The van der Waals surface area contributed by atoms with Crippen LogP contribution in [0.3, 0.4) is 0 Å². The average Bonchev–Trinajstić information content (AvgIpc) is 2.45. The minimum absolute atomic E-state index is 0.0545. The summed E-state index contributed by atoms with van der Waals surface area (Å²) in [6.45, 7) is 1.78. The highest BCUT2D eigenvalue weighted by molar-refractivity contribution is 7.89. The van der Waals surface area contributed by atoms with Gasteiger partial charge in [-0.1, -0.05) is 29.8 Å². The molecule has 2 aromatic carbocycles. The second kappa shape index (κ2) is 6.05. The van der Waals surface area contributed by atoms with E-state index in [9.17, 15) is 13.5 Å². The van der Waals surface area contributed by atoms with E-state index in [1.54, 1.807) is 25.1 Å². The number of aromatic hydroxyl groups is 1. The fourth-order valence-corrected chi connectivity index (χ4v) is 3.58. The maximum Gasteiger partial charge on any atom is 0.243 e. The molecule has 0 radical (unpaired) electrons. The highest BCUT2D eigenvalue weighted by Gasteiger charge is 2.26. The SMILES string of the molecule is CC(c1cccc(Cl)c1)N(C)S(=O)(=O)c1cccc(O)c1. The lowest BCUT2D eigenvalue weighted by atomic mass is 10.1. The van der Waals surface area contributed by atoms with Crippen molar-refractivity contribution in [2.24, 2.45) is 0 Å². The van der Waals surface area contributed by atoms with Gasteiger partial charge in [-0.05, 0) is 42.8 Å². The van der Waals surface area contributed by atoms with Crippen LogP contribution in [0.1, 0.15) is 18.5 Å². The van der Waals surface area contributed by atoms with Crippen LogP contribution in [0.25, 0.3) is 0 Å². The Morgan fingerprint density at radius 2 is 1.81 bits per heavy atom. The average molecular weight is 326 g/mol. The molecule has 6 heteroatoms. The van der Waals surface area contributed by atoms with Crippen LogP contribution in [0.2, 0.25) is 5.02 Å². The van der Waals surface area contributed by atoms with Crippen LogP contribution in [-0.4, -0.2) is 24.9 Å². The third-order valence-corrected chi connectivity index (χ3v) is 5.53. The summed E-state index contributed by atoms with van der Waals surface area (Å²) in [5.41, 5.74) is 0.800. The molecule has 1 atom stereocenters. The molecule has 0 aliphatic carbocycles. The highest BCUT2D eigenvalue weighted by Crippen LogP contribution is 2.28. The molecule has 0 amide bonds. The van der Waals surface area contributed by atoms with Gasteiger partial charge < -0.3 is 5.11 Å². The van der Waals surface area contributed by atoms with Gasteiger partial charge >= 0.3 is 0 Å². The number of hydrogen-bond donors (Lipinski definition) is 1. The highest BCUT2D eigenvalue weighted by atomic mass is 35.5. The van der Waals surface area contributed by atoms with Gasteiger partial charge in [0.1, 0.15) is 5.75 Å². The molecule has 0 aliphatic rings. The summed E-state index contributed by atoms with van der Waals surface area (Å²) in [6, 6.07) is 12.3. The normalized spacial score (nSPS) is 13.3. The summed E-state index contributed by atoms with van der Waals surface area (Å²) in [6.07, 6.45) is 0. The Balaban J connectivity index is 2.36. The predicted molar refractivity (Wildman–Crippen MR) is 82.9 cm³/mol. The molecule has 4 nitrogen and oxygen atoms in total. The van der Waals surface area contributed by atoms with Crippen LogP contribution in [0, 0.1) is 0 Å². The number of phenolic OH excluding ortho intramolecular Hbond substituents is 1. The van der Waals surface area contributed by atoms with Gasteiger partial charge in [0, 0.05) is 18.1 Å². The second-order valence-electron chi connectivity index (χ2n) is 4.75. The molecule has 0 saturated carbocycles. The van der Waals surface area contributed by atoms with E-state index in [0.717, 1.165) is 5.56 Å². The molecule has 2 rings (SSSR count). The van der Waals surface area contributed by atoms with Crippen molar-refractivity contribution in [2.75, 3.05) is 7.05 Å². The lowest BCUT2D eigenvalue weighted by Gasteiger charge is -2.25. The first-order valence-electron chi connectivity index (χ1n) is 6.35. The van der Waals surface area contributed by atoms with E-state index in [2.05, 4.69) is 0 Å². The molecule has 2 aromatic rings. The summed E-state index contributed by atoms with van der Waals surface area (Å²) in [5, 5.41) is 10.0. The Kier molecular flexibility index (Phi) is 4.56. The van der Waals surface area contributed by atoms with Crippen molar-refractivity contribution in [3.8, 4) is 5.75 Å². The Morgan fingerprint density at radius 3 is 2.43 bits per heavy atom. The van der Waals surface area contributed by atoms with Crippen LogP contribution in [-0.2, 0) is 10.0 Å². The van der Waals surface area contributed by atoms with E-state index in [0.29, 0.717) is 5.02 Å². The first-order chi connectivity index (χ1) is 9.82. The fourth-order valence-electron chi connectivity index (χ4n) is 1.99. The van der Waals surface area contributed by atoms with E-state index < -0.39 is 10.0 Å². The van der Waals surface area contributed by atoms with Crippen molar-refractivity contribution in [3.63, 3.8) is 0 Å². The van der Waals surface area contributed by atoms with Crippen molar-refractivity contribution >= 4 is 21.6 Å². The Morgan fingerprint density at radius 1 is 1.14 bits per heavy atom. The lowest BCUT2D eigenvalue weighted by molar-refractivity contribution is 0.397. The monoisotopic (exact) mass is 325 g/mol. The Labute approximate surface area is 129 Å². The van der Waals surface area contributed by atoms with Crippen LogP contribution in [0.15, 0.2) is 53.4 Å². The molecule has 0 aliphatic heterocycles. The van der Waals surface area contributed by atoms with Gasteiger partial charge in [0.15, 0.2) is 0 Å². The minimum Gasteiger partial charge on any atom is -0.508 e. The van der Waals surface area contributed by atoms with Crippen molar-refractivity contribution in [3.05, 3.63) is 59.1 Å². The van der Waals surface area contributed by atoms with Crippen LogP contribution in [0.5, 0.6) is 5.75 Å². The molecular weight excluding hydrogens is 310 g/mol. The van der Waals surface area contributed by atoms with Gasteiger partial charge in [0.25, 0.3) is 0 Å². The quantitative estimate of drug-likeness (QED) is 0.937. The summed E-state index contributed by atoms with van der Waals surface area (Å²) in [7, 11) is -2.19. The predicted octanol–water partition coefficient (Wildman–Crippen LogP) is 3.43. The maximum absolute atomic E-state index is 12.6. The number of rotatable bonds is 4. The van der Waals surface area contributed by atoms with E-state index >= 15 is 0 Å². The molecule has 0 bridgehead atoms. The molecule has 0 aromatic heterocycles. The van der Waals surface area contributed by atoms with E-state index in [1.807, 2.05) is 6.07 Å². The first kappa shape index (κ1) is 15.8. The second-order valence-corrected chi connectivity index (χ2v) is 7.18. The van der Waals surface area contributed by atoms with Crippen molar-refractivity contribution < 1.29 is 13.5 Å². The zero-order valence-electron chi connectivity index (χ0n) is 11.7. The third-order valence-electron chi connectivity index (χ3n) is 3.37. The van der Waals surface area contributed by atoms with E-state index in [-0.39, 0.29) is 16.7 Å². The molecule has 0 fully saturated rings. The number of sulfonamides is 1. The molecule has 0 heterocycles. The molecule has 0 spiro atoms. The van der Waals surface area contributed by atoms with Crippen LogP contribution >= 0.6 is 11.6 Å². The van der Waals surface area contributed by atoms with Gasteiger partial charge in [-0.3, -0.25) is 0 Å². The van der Waals surface area contributed by atoms with Crippen molar-refractivity contribution in [2.45, 2.75) is 17.9 Å². The minimum atomic E-state index is -3.69. The van der Waals surface area contributed by atoms with Gasteiger partial charge in [-0.15, -0.1) is 0 Å². The smallest absolute Gasteiger partial charge is 0.243 e. The number of nitrogens with zero attached hydrogens (tertiary/aromatic N) is 1. The molecule has 1 N–H and O–H groups in total. The van der Waals surface area contributed by atoms with Gasteiger partial charge in [0.2, 0.25) is 10.0 Å². The van der Waals surface area contributed by atoms with Gasteiger partial charge in [-0.25, -0.2) is 8.42 Å². The zero-order valence-corrected chi connectivity index (χ0v) is 13.3. The molecular formula is C15H16ClNO3S. The first-order valence-corrected chi connectivity index (χ1v) is 8.16. The van der Waals surface area contributed by atoms with Gasteiger partial charge in [0.05, 0.1) is 4.90 Å². The summed E-state index contributed by atoms with van der Waals surface area (Å²) in [5.74, 6) is -0.0834. The number of halogens is 1. The standard InChI is InChI=1S/C15H16ClNO3S/c1-11(12-5-3-6-13(16)9-12)17(2)21(19,20)15-8-4-7-14(18)10-15/h3-11,18H,1-2H3. The van der Waals surface area contributed by atoms with Crippen LogP contribution < -0.4 is 0 Å². The number of hydrogen-bond acceptors (Lipinski definition) is 3. The van der Waals surface area contributed by atoms with Crippen molar-refractivity contribution in [1.82, 2.24) is 4.31 Å². The van der Waals surface area contributed by atoms with E-state index in [4.69, 9.17) is 11.6 Å². The summed E-state index contributed by atoms with van der Waals surface area (Å²) < 4.78 is 26.4. The van der Waals surface area contributed by atoms with E-state index in [1.165, 1.54) is 35.6 Å². The third kappa shape index (κ3) is 3.37. The van der Waals surface area contributed by atoms with Crippen LogP contribution in [0.4, 0.5) is 0 Å². The Bertz CT molecular complexity index is 746. The molecule has 0 saturated heterocycles. The Hall–Kier alpha value is -1.56. The zero-order chi connectivity index (χ0) is 15.6. The summed E-state index contributed by atoms with van der Waals surface area (Å²) >= 11 is 5.94. The number of benzene rings is 2. The molecule has 112 valence electrons. The van der Waals surface area contributed by atoms with Gasteiger partial charge in [-0.2, -0.15) is 4.31 Å². The molecule has 1 unspecified atom stereocenters. The fraction of sp³-hybridized carbons (Fsp3) is 0.200.